The summed E-state index contributed by atoms with van der Waals surface area (Å²) in [6, 6.07) is 4.14. The molecule has 1 rings (SSSR count). The SMILES string of the molecule is Cc1cc(C)c(CC(O)C=O)c(C)c1. The van der Waals surface area contributed by atoms with Crippen LogP contribution in [-0.2, 0) is 11.2 Å². The fourth-order valence-corrected chi connectivity index (χ4v) is 1.79. The minimum absolute atomic E-state index is 0.418. The largest absolute Gasteiger partial charge is 0.385 e. The molecule has 0 saturated carbocycles. The zero-order valence-corrected chi connectivity index (χ0v) is 8.87. The summed E-state index contributed by atoms with van der Waals surface area (Å²) in [5.74, 6) is 0. The molecule has 0 aliphatic rings. The average Bonchev–Trinajstić information content (AvgIpc) is 2.10. The van der Waals surface area contributed by atoms with Gasteiger partial charge in [0.1, 0.15) is 12.4 Å². The van der Waals surface area contributed by atoms with E-state index in [0.29, 0.717) is 12.7 Å². The van der Waals surface area contributed by atoms with Crippen molar-refractivity contribution in [2.45, 2.75) is 33.3 Å². The minimum atomic E-state index is -0.880. The van der Waals surface area contributed by atoms with E-state index in [1.807, 2.05) is 20.8 Å². The van der Waals surface area contributed by atoms with E-state index in [9.17, 15) is 9.90 Å². The second-order valence-corrected chi connectivity index (χ2v) is 3.78. The highest BCUT2D eigenvalue weighted by Crippen LogP contribution is 2.17. The van der Waals surface area contributed by atoms with Crippen LogP contribution in [-0.4, -0.2) is 17.5 Å². The molecule has 2 heteroatoms. The summed E-state index contributed by atoms with van der Waals surface area (Å²) in [6.45, 7) is 6.06. The highest BCUT2D eigenvalue weighted by atomic mass is 16.3. The lowest BCUT2D eigenvalue weighted by atomic mass is 9.96. The Morgan fingerprint density at radius 1 is 1.29 bits per heavy atom. The molecule has 0 heterocycles. The van der Waals surface area contributed by atoms with E-state index in [2.05, 4.69) is 12.1 Å². The highest BCUT2D eigenvalue weighted by Gasteiger charge is 2.08. The summed E-state index contributed by atoms with van der Waals surface area (Å²) < 4.78 is 0. The molecule has 14 heavy (non-hydrogen) atoms. The van der Waals surface area contributed by atoms with Gasteiger partial charge in [-0.25, -0.2) is 0 Å². The molecular weight excluding hydrogens is 176 g/mol. The van der Waals surface area contributed by atoms with Crippen molar-refractivity contribution in [3.8, 4) is 0 Å². The number of carbonyl (C=O) groups is 1. The van der Waals surface area contributed by atoms with E-state index in [1.165, 1.54) is 5.56 Å². The number of aryl methyl sites for hydroxylation is 3. The minimum Gasteiger partial charge on any atom is -0.385 e. The van der Waals surface area contributed by atoms with E-state index >= 15 is 0 Å². The Kier molecular flexibility index (Phi) is 3.42. The maximum atomic E-state index is 10.3. The molecule has 0 spiro atoms. The molecule has 1 atom stereocenters. The van der Waals surface area contributed by atoms with Crippen LogP contribution in [0.15, 0.2) is 12.1 Å². The number of hydrogen-bond donors (Lipinski definition) is 1. The Hall–Kier alpha value is -1.15. The van der Waals surface area contributed by atoms with Crippen LogP contribution in [0, 0.1) is 20.8 Å². The Balaban J connectivity index is 3.02. The Bertz CT molecular complexity index is 319. The Labute approximate surface area is 84.6 Å². The lowest BCUT2D eigenvalue weighted by Crippen LogP contribution is -2.13. The number of aliphatic hydroxyl groups is 1. The number of aliphatic hydroxyl groups excluding tert-OH is 1. The van der Waals surface area contributed by atoms with E-state index in [-0.39, 0.29) is 0 Å². The van der Waals surface area contributed by atoms with Crippen LogP contribution >= 0.6 is 0 Å². The van der Waals surface area contributed by atoms with Gasteiger partial charge < -0.3 is 9.90 Å². The Morgan fingerprint density at radius 2 is 1.79 bits per heavy atom. The van der Waals surface area contributed by atoms with E-state index in [1.54, 1.807) is 0 Å². The van der Waals surface area contributed by atoms with Crippen molar-refractivity contribution in [3.05, 3.63) is 34.4 Å². The summed E-state index contributed by atoms with van der Waals surface area (Å²) in [5, 5.41) is 9.26. The van der Waals surface area contributed by atoms with Crippen LogP contribution in [0.2, 0.25) is 0 Å². The van der Waals surface area contributed by atoms with E-state index < -0.39 is 6.10 Å². The molecular formula is C12H16O2. The lowest BCUT2D eigenvalue weighted by Gasteiger charge is -2.12. The summed E-state index contributed by atoms with van der Waals surface area (Å²) in [5.41, 5.74) is 4.58. The van der Waals surface area contributed by atoms with Crippen LogP contribution in [0.4, 0.5) is 0 Å². The first-order chi connectivity index (χ1) is 6.54. The fourth-order valence-electron chi connectivity index (χ4n) is 1.79. The smallest absolute Gasteiger partial charge is 0.148 e. The molecule has 2 nitrogen and oxygen atoms in total. The van der Waals surface area contributed by atoms with Gasteiger partial charge in [-0.05, 0) is 37.5 Å². The summed E-state index contributed by atoms with van der Waals surface area (Å²) in [4.78, 5) is 10.3. The van der Waals surface area contributed by atoms with Gasteiger partial charge in [-0.3, -0.25) is 0 Å². The van der Waals surface area contributed by atoms with Crippen molar-refractivity contribution in [2.75, 3.05) is 0 Å². The summed E-state index contributed by atoms with van der Waals surface area (Å²) in [6.07, 6.45) is 0.121. The first-order valence-corrected chi connectivity index (χ1v) is 4.74. The maximum absolute atomic E-state index is 10.3. The third-order valence-corrected chi connectivity index (χ3v) is 2.41. The fraction of sp³-hybridized carbons (Fsp3) is 0.417. The molecule has 1 aromatic rings. The normalized spacial score (nSPS) is 12.6. The second-order valence-electron chi connectivity index (χ2n) is 3.78. The van der Waals surface area contributed by atoms with Gasteiger partial charge in [-0.1, -0.05) is 17.7 Å². The van der Waals surface area contributed by atoms with Gasteiger partial charge >= 0.3 is 0 Å². The Morgan fingerprint density at radius 3 is 2.21 bits per heavy atom. The predicted molar refractivity (Wildman–Crippen MR) is 56.4 cm³/mol. The molecule has 0 bridgehead atoms. The molecule has 1 aromatic carbocycles. The van der Waals surface area contributed by atoms with Gasteiger partial charge in [0.25, 0.3) is 0 Å². The van der Waals surface area contributed by atoms with Gasteiger partial charge in [0, 0.05) is 6.42 Å². The number of carbonyl (C=O) groups excluding carboxylic acids is 1. The number of rotatable bonds is 3. The van der Waals surface area contributed by atoms with Crippen LogP contribution < -0.4 is 0 Å². The van der Waals surface area contributed by atoms with Crippen LogP contribution in [0.5, 0.6) is 0 Å². The first kappa shape index (κ1) is 10.9. The number of aldehydes is 1. The lowest BCUT2D eigenvalue weighted by molar-refractivity contribution is -0.114. The third-order valence-electron chi connectivity index (χ3n) is 2.41. The van der Waals surface area contributed by atoms with Gasteiger partial charge in [-0.15, -0.1) is 0 Å². The quantitative estimate of drug-likeness (QED) is 0.740. The predicted octanol–water partition coefficient (Wildman–Crippen LogP) is 1.71. The van der Waals surface area contributed by atoms with Gasteiger partial charge in [0.05, 0.1) is 0 Å². The standard InChI is InChI=1S/C12H16O2/c1-8-4-9(2)12(10(3)5-8)6-11(14)7-13/h4-5,7,11,14H,6H2,1-3H3. The molecule has 0 saturated heterocycles. The van der Waals surface area contributed by atoms with E-state index in [4.69, 9.17) is 0 Å². The van der Waals surface area contributed by atoms with Crippen molar-refractivity contribution in [1.29, 1.82) is 0 Å². The topological polar surface area (TPSA) is 37.3 Å². The van der Waals surface area contributed by atoms with Gasteiger partial charge in [-0.2, -0.15) is 0 Å². The number of hydrogen-bond acceptors (Lipinski definition) is 2. The monoisotopic (exact) mass is 192 g/mol. The van der Waals surface area contributed by atoms with Gasteiger partial charge in [0.15, 0.2) is 0 Å². The highest BCUT2D eigenvalue weighted by molar-refractivity contribution is 5.57. The van der Waals surface area contributed by atoms with Gasteiger partial charge in [0.2, 0.25) is 0 Å². The average molecular weight is 192 g/mol. The van der Waals surface area contributed by atoms with Crippen molar-refractivity contribution < 1.29 is 9.90 Å². The summed E-state index contributed by atoms with van der Waals surface area (Å²) >= 11 is 0. The molecule has 0 aliphatic heterocycles. The molecule has 0 aromatic heterocycles. The molecule has 0 radical (unpaired) electrons. The molecule has 0 fully saturated rings. The summed E-state index contributed by atoms with van der Waals surface area (Å²) in [7, 11) is 0. The van der Waals surface area contributed by atoms with E-state index in [0.717, 1.165) is 16.7 Å². The van der Waals surface area contributed by atoms with Crippen LogP contribution in [0.1, 0.15) is 22.3 Å². The molecule has 0 amide bonds. The second kappa shape index (κ2) is 4.38. The molecule has 1 N–H and O–H groups in total. The first-order valence-electron chi connectivity index (χ1n) is 4.74. The van der Waals surface area contributed by atoms with Crippen molar-refractivity contribution in [3.63, 3.8) is 0 Å². The van der Waals surface area contributed by atoms with Crippen LogP contribution in [0.25, 0.3) is 0 Å². The zero-order chi connectivity index (χ0) is 10.7. The third kappa shape index (κ3) is 2.42. The van der Waals surface area contributed by atoms with Crippen LogP contribution in [0.3, 0.4) is 0 Å². The zero-order valence-electron chi connectivity index (χ0n) is 8.87. The molecule has 0 aliphatic carbocycles. The van der Waals surface area contributed by atoms with Crippen molar-refractivity contribution in [1.82, 2.24) is 0 Å². The molecule has 76 valence electrons. The molecule has 1 unspecified atom stereocenters. The maximum Gasteiger partial charge on any atom is 0.148 e. The number of benzene rings is 1. The van der Waals surface area contributed by atoms with Crippen molar-refractivity contribution >= 4 is 6.29 Å². The van der Waals surface area contributed by atoms with Crippen molar-refractivity contribution in [2.24, 2.45) is 0 Å².